The van der Waals surface area contributed by atoms with Crippen molar-refractivity contribution < 1.29 is 9.53 Å². The van der Waals surface area contributed by atoms with Crippen molar-refractivity contribution in [3.05, 3.63) is 60.4 Å². The number of hydrogen-bond donors (Lipinski definition) is 2. The summed E-state index contributed by atoms with van der Waals surface area (Å²) in [5.74, 6) is 1.03. The van der Waals surface area contributed by atoms with Crippen LogP contribution in [-0.4, -0.2) is 32.8 Å². The maximum absolute atomic E-state index is 12.3. The molecule has 3 aromatic heterocycles. The van der Waals surface area contributed by atoms with E-state index in [9.17, 15) is 4.79 Å². The molecule has 4 rings (SSSR count). The summed E-state index contributed by atoms with van der Waals surface area (Å²) in [4.78, 5) is 16.2. The third-order valence-electron chi connectivity index (χ3n) is 4.45. The number of aryl methyl sites for hydroxylation is 1. The van der Waals surface area contributed by atoms with Gasteiger partial charge in [0.05, 0.1) is 29.6 Å². The number of nitrogens with one attached hydrogen (secondary N) is 2. The van der Waals surface area contributed by atoms with Gasteiger partial charge in [0.25, 0.3) is 5.91 Å². The monoisotopic (exact) mass is 361 g/mol. The van der Waals surface area contributed by atoms with Gasteiger partial charge in [0, 0.05) is 36.5 Å². The van der Waals surface area contributed by atoms with Crippen molar-refractivity contribution in [3.63, 3.8) is 0 Å². The van der Waals surface area contributed by atoms with Crippen LogP contribution in [0.1, 0.15) is 17.3 Å². The van der Waals surface area contributed by atoms with Gasteiger partial charge in [0.2, 0.25) is 0 Å². The minimum absolute atomic E-state index is 0.248. The minimum atomic E-state index is -0.248. The Bertz CT molecular complexity index is 1100. The van der Waals surface area contributed by atoms with Crippen molar-refractivity contribution >= 4 is 22.6 Å². The first-order chi connectivity index (χ1) is 13.2. The molecule has 0 saturated carbocycles. The molecule has 0 spiro atoms. The summed E-state index contributed by atoms with van der Waals surface area (Å²) in [6.07, 6.45) is 3.15. The fourth-order valence-corrected chi connectivity index (χ4v) is 3.13. The number of anilines is 1. The van der Waals surface area contributed by atoms with Crippen LogP contribution in [0.15, 0.2) is 54.9 Å². The third-order valence-corrected chi connectivity index (χ3v) is 4.45. The van der Waals surface area contributed by atoms with E-state index in [0.29, 0.717) is 11.4 Å². The van der Waals surface area contributed by atoms with Gasteiger partial charge in [-0.15, -0.1) is 0 Å². The van der Waals surface area contributed by atoms with E-state index < -0.39 is 0 Å². The Morgan fingerprint density at radius 2 is 2.15 bits per heavy atom. The number of pyridine rings is 1. The van der Waals surface area contributed by atoms with E-state index in [4.69, 9.17) is 4.74 Å². The van der Waals surface area contributed by atoms with Crippen molar-refractivity contribution in [1.82, 2.24) is 19.7 Å². The van der Waals surface area contributed by atoms with Gasteiger partial charge in [-0.05, 0) is 37.3 Å². The molecule has 0 aliphatic rings. The van der Waals surface area contributed by atoms with Crippen molar-refractivity contribution in [2.45, 2.75) is 13.5 Å². The Hall–Kier alpha value is -3.61. The first kappa shape index (κ1) is 16.8. The summed E-state index contributed by atoms with van der Waals surface area (Å²) >= 11 is 0. The van der Waals surface area contributed by atoms with E-state index in [1.54, 1.807) is 25.4 Å². The fourth-order valence-electron chi connectivity index (χ4n) is 3.13. The first-order valence-corrected chi connectivity index (χ1v) is 8.64. The van der Waals surface area contributed by atoms with Crippen LogP contribution in [0.2, 0.25) is 0 Å². The SMILES string of the molecule is CCn1c(-c2cc(NC(=O)c3cccnc3)n[nH]2)cc2ccc(OC)cc21. The molecule has 0 bridgehead atoms. The van der Waals surface area contributed by atoms with Gasteiger partial charge in [-0.1, -0.05) is 0 Å². The second-order valence-corrected chi connectivity index (χ2v) is 6.06. The van der Waals surface area contributed by atoms with E-state index in [-0.39, 0.29) is 5.91 Å². The average Bonchev–Trinajstić information content (AvgIpc) is 3.31. The molecular weight excluding hydrogens is 342 g/mol. The van der Waals surface area contributed by atoms with Gasteiger partial charge in [0.1, 0.15) is 5.75 Å². The average molecular weight is 361 g/mol. The van der Waals surface area contributed by atoms with E-state index in [1.807, 2.05) is 24.3 Å². The molecule has 0 unspecified atom stereocenters. The topological polar surface area (TPSA) is 84.8 Å². The molecule has 1 aromatic carbocycles. The molecule has 0 aliphatic carbocycles. The van der Waals surface area contributed by atoms with Crippen LogP contribution in [0.5, 0.6) is 5.75 Å². The standard InChI is InChI=1S/C20H19N5O2/c1-3-25-17-10-15(27-2)7-6-13(17)9-18(25)16-11-19(24-23-16)22-20(26)14-5-4-8-21-12-14/h4-12H,3H2,1-2H3,(H2,22,23,24,26). The van der Waals surface area contributed by atoms with Gasteiger partial charge in [-0.2, -0.15) is 5.10 Å². The normalized spacial score (nSPS) is 10.9. The second kappa shape index (κ2) is 6.95. The number of methoxy groups -OCH3 is 1. The third kappa shape index (κ3) is 3.15. The summed E-state index contributed by atoms with van der Waals surface area (Å²) < 4.78 is 7.52. The molecule has 0 atom stereocenters. The zero-order valence-electron chi connectivity index (χ0n) is 15.1. The number of H-pyrrole nitrogens is 1. The van der Waals surface area contributed by atoms with Gasteiger partial charge in [-0.25, -0.2) is 0 Å². The maximum Gasteiger partial charge on any atom is 0.258 e. The summed E-state index contributed by atoms with van der Waals surface area (Å²) in [6, 6.07) is 13.3. The summed E-state index contributed by atoms with van der Waals surface area (Å²) in [5.41, 5.74) is 3.39. The van der Waals surface area contributed by atoms with Crippen LogP contribution in [0.25, 0.3) is 22.3 Å². The van der Waals surface area contributed by atoms with Crippen LogP contribution in [-0.2, 0) is 6.54 Å². The molecule has 0 saturated heterocycles. The number of aromatic nitrogens is 4. The molecule has 3 heterocycles. The van der Waals surface area contributed by atoms with Crippen LogP contribution >= 0.6 is 0 Å². The van der Waals surface area contributed by atoms with Crippen molar-refractivity contribution in [2.24, 2.45) is 0 Å². The minimum Gasteiger partial charge on any atom is -0.497 e. The van der Waals surface area contributed by atoms with Gasteiger partial charge in [-0.3, -0.25) is 14.9 Å². The highest BCUT2D eigenvalue weighted by Crippen LogP contribution is 2.30. The lowest BCUT2D eigenvalue weighted by Gasteiger charge is -2.07. The summed E-state index contributed by atoms with van der Waals surface area (Å²) in [7, 11) is 1.66. The molecule has 7 heteroatoms. The molecule has 0 fully saturated rings. The Labute approximate surface area is 156 Å². The number of benzene rings is 1. The largest absolute Gasteiger partial charge is 0.497 e. The number of fused-ring (bicyclic) bond motifs is 1. The number of rotatable bonds is 5. The molecule has 0 radical (unpaired) electrons. The molecule has 136 valence electrons. The lowest BCUT2D eigenvalue weighted by Crippen LogP contribution is -2.12. The van der Waals surface area contributed by atoms with Gasteiger partial charge < -0.3 is 14.6 Å². The molecule has 27 heavy (non-hydrogen) atoms. The Morgan fingerprint density at radius 1 is 1.26 bits per heavy atom. The van der Waals surface area contributed by atoms with Gasteiger partial charge >= 0.3 is 0 Å². The Balaban J connectivity index is 1.66. The lowest BCUT2D eigenvalue weighted by atomic mass is 10.2. The second-order valence-electron chi connectivity index (χ2n) is 6.06. The zero-order valence-corrected chi connectivity index (χ0v) is 15.1. The van der Waals surface area contributed by atoms with E-state index >= 15 is 0 Å². The Morgan fingerprint density at radius 3 is 2.89 bits per heavy atom. The van der Waals surface area contributed by atoms with Crippen LogP contribution in [0.4, 0.5) is 5.82 Å². The molecular formula is C20H19N5O2. The molecule has 2 N–H and O–H groups in total. The highest BCUT2D eigenvalue weighted by Gasteiger charge is 2.14. The number of hydrogen-bond acceptors (Lipinski definition) is 4. The highest BCUT2D eigenvalue weighted by atomic mass is 16.5. The van der Waals surface area contributed by atoms with Gasteiger partial charge in [0.15, 0.2) is 5.82 Å². The molecule has 1 amide bonds. The highest BCUT2D eigenvalue weighted by molar-refractivity contribution is 6.03. The van der Waals surface area contributed by atoms with Crippen molar-refractivity contribution in [3.8, 4) is 17.1 Å². The number of ether oxygens (including phenoxy) is 1. The predicted octanol–water partition coefficient (Wildman–Crippen LogP) is 3.71. The predicted molar refractivity (Wildman–Crippen MR) is 104 cm³/mol. The van der Waals surface area contributed by atoms with Crippen LogP contribution < -0.4 is 10.1 Å². The quantitative estimate of drug-likeness (QED) is 0.567. The number of aromatic amines is 1. The fraction of sp³-hybridized carbons (Fsp3) is 0.150. The van der Waals surface area contributed by atoms with Crippen molar-refractivity contribution in [2.75, 3.05) is 12.4 Å². The number of amides is 1. The lowest BCUT2D eigenvalue weighted by molar-refractivity contribution is 0.102. The van der Waals surface area contributed by atoms with E-state index in [2.05, 4.69) is 38.1 Å². The molecule has 4 aromatic rings. The van der Waals surface area contributed by atoms with Crippen molar-refractivity contribution in [1.29, 1.82) is 0 Å². The maximum atomic E-state index is 12.3. The number of nitrogens with zero attached hydrogens (tertiary/aromatic N) is 3. The van der Waals surface area contributed by atoms with E-state index in [1.165, 1.54) is 6.20 Å². The smallest absolute Gasteiger partial charge is 0.258 e. The number of carbonyl (C=O) groups is 1. The first-order valence-electron chi connectivity index (χ1n) is 8.64. The Kier molecular flexibility index (Phi) is 4.33. The molecule has 0 aliphatic heterocycles. The summed E-state index contributed by atoms with van der Waals surface area (Å²) in [5, 5.41) is 11.1. The number of carbonyl (C=O) groups excluding carboxylic acids is 1. The summed E-state index contributed by atoms with van der Waals surface area (Å²) in [6.45, 7) is 2.88. The van der Waals surface area contributed by atoms with Crippen LogP contribution in [0, 0.1) is 0 Å². The van der Waals surface area contributed by atoms with Crippen LogP contribution in [0.3, 0.4) is 0 Å². The molecule has 7 nitrogen and oxygen atoms in total. The zero-order chi connectivity index (χ0) is 18.8. The van der Waals surface area contributed by atoms with E-state index in [0.717, 1.165) is 34.6 Å².